The first-order valence-corrected chi connectivity index (χ1v) is 12.2. The van der Waals surface area contributed by atoms with E-state index >= 15 is 0 Å². The Morgan fingerprint density at radius 3 is 2.57 bits per heavy atom. The summed E-state index contributed by atoms with van der Waals surface area (Å²) in [6, 6.07) is 11.5. The normalized spacial score (nSPS) is 26.1. The molecule has 0 saturated carbocycles. The van der Waals surface area contributed by atoms with E-state index in [9.17, 15) is 8.42 Å². The Morgan fingerprint density at radius 2 is 1.83 bits per heavy atom. The molecule has 1 saturated heterocycles. The topological polar surface area (TPSA) is 58.6 Å². The number of sulfonamides is 1. The van der Waals surface area contributed by atoms with Gasteiger partial charge in [-0.05, 0) is 48.6 Å². The maximum atomic E-state index is 12.9. The van der Waals surface area contributed by atoms with Crippen molar-refractivity contribution in [2.45, 2.75) is 30.2 Å². The van der Waals surface area contributed by atoms with Crippen molar-refractivity contribution in [2.75, 3.05) is 31.6 Å². The summed E-state index contributed by atoms with van der Waals surface area (Å²) in [6.45, 7) is 3.79. The van der Waals surface area contributed by atoms with Crippen molar-refractivity contribution in [1.29, 1.82) is 0 Å². The predicted molar refractivity (Wildman–Crippen MR) is 119 cm³/mol. The molecule has 5 rings (SSSR count). The molecule has 0 unspecified atom stereocenters. The minimum atomic E-state index is -3.48. The van der Waals surface area contributed by atoms with Crippen molar-refractivity contribution in [1.82, 2.24) is 4.31 Å². The molecule has 0 amide bonds. The Labute approximate surface area is 182 Å². The molecule has 158 valence electrons. The fourth-order valence-electron chi connectivity index (χ4n) is 4.92. The van der Waals surface area contributed by atoms with Crippen molar-refractivity contribution in [3.63, 3.8) is 0 Å². The highest BCUT2D eigenvalue weighted by atomic mass is 35.5. The minimum Gasteiger partial charge on any atom is -0.379 e. The lowest BCUT2D eigenvalue weighted by molar-refractivity contribution is 0.0730. The molecule has 1 aliphatic carbocycles. The molecule has 0 spiro atoms. The number of allylic oxidation sites excluding steroid dienone is 2. The van der Waals surface area contributed by atoms with Crippen molar-refractivity contribution >= 4 is 27.3 Å². The lowest BCUT2D eigenvalue weighted by Gasteiger charge is -2.39. The van der Waals surface area contributed by atoms with Gasteiger partial charge in [0.05, 0.1) is 24.2 Å². The number of anilines is 1. The number of fused-ring (bicyclic) bond motifs is 3. The van der Waals surface area contributed by atoms with Crippen molar-refractivity contribution in [2.24, 2.45) is 5.92 Å². The lowest BCUT2D eigenvalue weighted by Crippen LogP contribution is -2.40. The summed E-state index contributed by atoms with van der Waals surface area (Å²) in [5.74, 6) is 0.633. The van der Waals surface area contributed by atoms with E-state index in [0.29, 0.717) is 37.1 Å². The van der Waals surface area contributed by atoms with E-state index in [2.05, 4.69) is 24.4 Å². The third kappa shape index (κ3) is 3.26. The molecule has 30 heavy (non-hydrogen) atoms. The standard InChI is InChI=1S/C23H25ClN2O3S/c1-15-5-10-20(24)21-18-3-2-4-19(18)23(25-22(15)21)16-6-8-17(9-7-16)30(27,28)26-11-13-29-14-12-26/h2-3,5-10,18-19,23,25H,4,11-14H2,1H3/t18-,19+,23-/m0/s1. The van der Waals surface area contributed by atoms with Gasteiger partial charge in [-0.15, -0.1) is 0 Å². The van der Waals surface area contributed by atoms with E-state index in [0.717, 1.165) is 22.7 Å². The molecule has 2 aromatic carbocycles. The molecule has 2 aromatic rings. The highest BCUT2D eigenvalue weighted by Crippen LogP contribution is 2.52. The van der Waals surface area contributed by atoms with Crippen LogP contribution in [0.4, 0.5) is 5.69 Å². The smallest absolute Gasteiger partial charge is 0.243 e. The Hall–Kier alpha value is -1.86. The number of morpholine rings is 1. The van der Waals surface area contributed by atoms with Crippen LogP contribution in [-0.2, 0) is 14.8 Å². The average Bonchev–Trinajstić information content (AvgIpc) is 3.26. The third-order valence-electron chi connectivity index (χ3n) is 6.52. The molecule has 3 atom stereocenters. The Morgan fingerprint density at radius 1 is 1.10 bits per heavy atom. The molecule has 3 aliphatic rings. The summed E-state index contributed by atoms with van der Waals surface area (Å²) in [4.78, 5) is 0.338. The highest BCUT2D eigenvalue weighted by molar-refractivity contribution is 7.89. The van der Waals surface area contributed by atoms with Crippen molar-refractivity contribution < 1.29 is 13.2 Å². The fraction of sp³-hybridized carbons (Fsp3) is 0.391. The number of halogens is 1. The number of nitrogens with one attached hydrogen (secondary N) is 1. The van der Waals surface area contributed by atoms with Crippen LogP contribution < -0.4 is 5.32 Å². The largest absolute Gasteiger partial charge is 0.379 e. The lowest BCUT2D eigenvalue weighted by atomic mass is 9.76. The van der Waals surface area contributed by atoms with Gasteiger partial charge in [0.1, 0.15) is 0 Å². The average molecular weight is 445 g/mol. The summed E-state index contributed by atoms with van der Waals surface area (Å²) < 4.78 is 32.7. The first-order chi connectivity index (χ1) is 14.5. The van der Waals surface area contributed by atoms with Gasteiger partial charge in [0.15, 0.2) is 0 Å². The van der Waals surface area contributed by atoms with Crippen LogP contribution in [0.2, 0.25) is 5.02 Å². The maximum absolute atomic E-state index is 12.9. The number of benzene rings is 2. The van der Waals surface area contributed by atoms with E-state index in [1.807, 2.05) is 24.3 Å². The van der Waals surface area contributed by atoms with Crippen LogP contribution in [0.25, 0.3) is 0 Å². The quantitative estimate of drug-likeness (QED) is 0.708. The summed E-state index contributed by atoms with van der Waals surface area (Å²) in [5.41, 5.74) is 4.55. The van der Waals surface area contributed by atoms with Gasteiger partial charge in [0, 0.05) is 35.3 Å². The van der Waals surface area contributed by atoms with Gasteiger partial charge in [-0.25, -0.2) is 8.42 Å². The van der Waals surface area contributed by atoms with Crippen LogP contribution in [0.3, 0.4) is 0 Å². The van der Waals surface area contributed by atoms with Gasteiger partial charge in [0.25, 0.3) is 0 Å². The van der Waals surface area contributed by atoms with Gasteiger partial charge >= 0.3 is 0 Å². The summed E-state index contributed by atoms with van der Waals surface area (Å²) >= 11 is 6.57. The summed E-state index contributed by atoms with van der Waals surface area (Å²) in [7, 11) is -3.48. The number of rotatable bonds is 3. The van der Waals surface area contributed by atoms with Gasteiger partial charge in [-0.2, -0.15) is 4.31 Å². The van der Waals surface area contributed by atoms with Gasteiger partial charge < -0.3 is 10.1 Å². The van der Waals surface area contributed by atoms with E-state index in [1.165, 1.54) is 15.4 Å². The predicted octanol–water partition coefficient (Wildman–Crippen LogP) is 4.50. The number of aryl methyl sites for hydroxylation is 1. The van der Waals surface area contributed by atoms with Gasteiger partial charge in [-0.1, -0.05) is 42.0 Å². The molecular weight excluding hydrogens is 420 g/mol. The van der Waals surface area contributed by atoms with Crippen LogP contribution in [-0.4, -0.2) is 39.0 Å². The molecule has 0 radical (unpaired) electrons. The SMILES string of the molecule is Cc1ccc(Cl)c2c1N[C@@H](c1ccc(S(=O)(=O)N3CCOCC3)cc1)[C@@H]1CC=C[C@H]21. The van der Waals surface area contributed by atoms with E-state index < -0.39 is 10.0 Å². The molecule has 7 heteroatoms. The second kappa shape index (κ2) is 7.68. The van der Waals surface area contributed by atoms with Crippen molar-refractivity contribution in [3.8, 4) is 0 Å². The van der Waals surface area contributed by atoms with Crippen molar-refractivity contribution in [3.05, 3.63) is 70.3 Å². The first kappa shape index (κ1) is 20.1. The number of hydrogen-bond acceptors (Lipinski definition) is 4. The highest BCUT2D eigenvalue weighted by Gasteiger charge is 2.39. The molecule has 1 N–H and O–H groups in total. The second-order valence-corrected chi connectivity index (χ2v) is 10.6. The maximum Gasteiger partial charge on any atom is 0.243 e. The van der Waals surface area contributed by atoms with Crippen LogP contribution in [0.15, 0.2) is 53.4 Å². The second-order valence-electron chi connectivity index (χ2n) is 8.21. The van der Waals surface area contributed by atoms with Crippen LogP contribution in [0.5, 0.6) is 0 Å². The number of ether oxygens (including phenoxy) is 1. The van der Waals surface area contributed by atoms with E-state index in [1.54, 1.807) is 12.1 Å². The number of nitrogens with zero attached hydrogens (tertiary/aromatic N) is 1. The Balaban J connectivity index is 1.47. The van der Waals surface area contributed by atoms with Crippen LogP contribution >= 0.6 is 11.6 Å². The van der Waals surface area contributed by atoms with E-state index in [-0.39, 0.29) is 12.0 Å². The Kier molecular flexibility index (Phi) is 5.14. The molecule has 2 aliphatic heterocycles. The zero-order valence-electron chi connectivity index (χ0n) is 16.8. The molecular formula is C23H25ClN2O3S. The zero-order chi connectivity index (χ0) is 20.9. The molecule has 1 fully saturated rings. The molecule has 5 nitrogen and oxygen atoms in total. The molecule has 0 aromatic heterocycles. The summed E-state index contributed by atoms with van der Waals surface area (Å²) in [6.07, 6.45) is 5.47. The first-order valence-electron chi connectivity index (χ1n) is 10.4. The Bertz CT molecular complexity index is 1090. The minimum absolute atomic E-state index is 0.106. The number of hydrogen-bond donors (Lipinski definition) is 1. The van der Waals surface area contributed by atoms with Gasteiger partial charge in [0.2, 0.25) is 10.0 Å². The van der Waals surface area contributed by atoms with Crippen LogP contribution in [0.1, 0.15) is 35.1 Å². The van der Waals surface area contributed by atoms with Crippen LogP contribution in [0, 0.1) is 12.8 Å². The monoisotopic (exact) mass is 444 g/mol. The van der Waals surface area contributed by atoms with E-state index in [4.69, 9.17) is 16.3 Å². The third-order valence-corrected chi connectivity index (χ3v) is 8.76. The molecule has 0 bridgehead atoms. The summed E-state index contributed by atoms with van der Waals surface area (Å²) in [5, 5.41) is 4.52. The fourth-order valence-corrected chi connectivity index (χ4v) is 6.61. The molecule has 2 heterocycles. The van der Waals surface area contributed by atoms with Gasteiger partial charge in [-0.3, -0.25) is 0 Å². The zero-order valence-corrected chi connectivity index (χ0v) is 18.4.